The van der Waals surface area contributed by atoms with E-state index in [0.717, 1.165) is 17.3 Å². The predicted octanol–water partition coefficient (Wildman–Crippen LogP) is 4.59. The van der Waals surface area contributed by atoms with Gasteiger partial charge >= 0.3 is 0 Å². The maximum Gasteiger partial charge on any atom is 0.291 e. The fourth-order valence-electron chi connectivity index (χ4n) is 3.42. The molecule has 1 aliphatic heterocycles. The van der Waals surface area contributed by atoms with Crippen LogP contribution in [0.25, 0.3) is 0 Å². The number of imide groups is 1. The normalized spacial score (nSPS) is 12.7. The van der Waals surface area contributed by atoms with Crippen molar-refractivity contribution in [1.29, 1.82) is 0 Å². The second-order valence-electron chi connectivity index (χ2n) is 7.41. The van der Waals surface area contributed by atoms with Gasteiger partial charge in [0, 0.05) is 0 Å². The third kappa shape index (κ3) is 5.60. The Labute approximate surface area is 202 Å². The lowest BCUT2D eigenvalue weighted by molar-refractivity contribution is 0.0879. The van der Waals surface area contributed by atoms with Crippen LogP contribution in [-0.4, -0.2) is 43.9 Å². The Morgan fingerprint density at radius 3 is 2.47 bits per heavy atom. The van der Waals surface area contributed by atoms with Crippen molar-refractivity contribution in [3.05, 3.63) is 77.2 Å². The van der Waals surface area contributed by atoms with E-state index in [1.807, 2.05) is 17.8 Å². The van der Waals surface area contributed by atoms with Crippen LogP contribution in [0.5, 0.6) is 11.5 Å². The fourth-order valence-corrected chi connectivity index (χ4v) is 4.11. The average Bonchev–Trinajstić information content (AvgIpc) is 3.48. The minimum absolute atomic E-state index is 0.127. The summed E-state index contributed by atoms with van der Waals surface area (Å²) in [5, 5.41) is 4.73. The number of nitrogens with one attached hydrogen (secondary N) is 2. The van der Waals surface area contributed by atoms with Crippen molar-refractivity contribution < 1.29 is 28.3 Å². The molecule has 0 spiro atoms. The third-order valence-electron chi connectivity index (χ3n) is 5.15. The first kappa shape index (κ1) is 24.9. The van der Waals surface area contributed by atoms with Crippen LogP contribution in [0.2, 0.25) is 0 Å². The third-order valence-corrected chi connectivity index (χ3v) is 5.98. The number of hydrogen-bond donors (Lipinski definition) is 2. The largest absolute Gasteiger partial charge is 0.493 e. The van der Waals surface area contributed by atoms with Crippen molar-refractivity contribution in [2.24, 2.45) is 0 Å². The summed E-state index contributed by atoms with van der Waals surface area (Å²) in [6, 6.07) is 13.9. The van der Waals surface area contributed by atoms with Crippen molar-refractivity contribution >= 4 is 35.2 Å². The lowest BCUT2D eigenvalue weighted by Gasteiger charge is -2.13. The van der Waals surface area contributed by atoms with Crippen molar-refractivity contribution in [2.45, 2.75) is 12.8 Å². The highest BCUT2D eigenvalue weighted by Gasteiger charge is 2.30. The van der Waals surface area contributed by atoms with E-state index < -0.39 is 17.7 Å². The quantitative estimate of drug-likeness (QED) is 0.475. The molecule has 0 fully saturated rings. The van der Waals surface area contributed by atoms with Gasteiger partial charge in [0.2, 0.25) is 0 Å². The SMILES string of the molecule is COc1ccc(C(C)CSC)cc1OC.O=C(Nc1cccc2c1C(=O)NC2=O)c1ccco1. The van der Waals surface area contributed by atoms with Gasteiger partial charge in [-0.2, -0.15) is 11.8 Å². The molecule has 0 aliphatic carbocycles. The summed E-state index contributed by atoms with van der Waals surface area (Å²) in [6.07, 6.45) is 3.50. The van der Waals surface area contributed by atoms with Crippen LogP contribution in [0.1, 0.15) is 49.7 Å². The number of rotatable bonds is 7. The zero-order chi connectivity index (χ0) is 24.7. The number of benzene rings is 2. The van der Waals surface area contributed by atoms with Crippen molar-refractivity contribution in [3.8, 4) is 11.5 Å². The van der Waals surface area contributed by atoms with E-state index >= 15 is 0 Å². The Bertz CT molecular complexity index is 1180. The molecule has 4 rings (SSSR count). The van der Waals surface area contributed by atoms with Crippen LogP contribution in [0.3, 0.4) is 0 Å². The molecule has 9 heteroatoms. The molecule has 178 valence electrons. The summed E-state index contributed by atoms with van der Waals surface area (Å²) < 4.78 is 15.4. The fraction of sp³-hybridized carbons (Fsp3) is 0.240. The number of thioether (sulfide) groups is 1. The number of amides is 3. The van der Waals surface area contributed by atoms with Crippen LogP contribution in [0.4, 0.5) is 5.69 Å². The van der Waals surface area contributed by atoms with Crippen LogP contribution in [-0.2, 0) is 0 Å². The minimum Gasteiger partial charge on any atom is -0.493 e. The summed E-state index contributed by atoms with van der Waals surface area (Å²) in [6.45, 7) is 2.22. The standard InChI is InChI=1S/C13H8N2O4.C12H18O2S/c16-11-7-3-1-4-8(10(7)13(18)15-11)14-12(17)9-5-2-6-19-9;1-9(8-15-4)10-5-6-11(13-2)12(7-10)14-3/h1-6H,(H,14,17)(H,15,16,18);5-7,9H,8H2,1-4H3. The molecule has 3 aromatic rings. The molecule has 1 unspecified atom stereocenters. The van der Waals surface area contributed by atoms with Crippen molar-refractivity contribution in [2.75, 3.05) is 31.5 Å². The number of carbonyl (C=O) groups is 3. The number of anilines is 1. The molecule has 0 saturated heterocycles. The van der Waals surface area contributed by atoms with Crippen molar-refractivity contribution in [1.82, 2.24) is 5.32 Å². The second kappa shape index (κ2) is 11.4. The number of furan rings is 1. The number of ether oxygens (including phenoxy) is 2. The lowest BCUT2D eigenvalue weighted by atomic mass is 10.0. The molecule has 1 aromatic heterocycles. The van der Waals surface area contributed by atoms with E-state index in [1.165, 1.54) is 24.0 Å². The Morgan fingerprint density at radius 1 is 1.06 bits per heavy atom. The van der Waals surface area contributed by atoms with E-state index in [0.29, 0.717) is 5.92 Å². The highest BCUT2D eigenvalue weighted by atomic mass is 32.2. The molecule has 0 saturated carbocycles. The van der Waals surface area contributed by atoms with Crippen molar-refractivity contribution in [3.63, 3.8) is 0 Å². The number of fused-ring (bicyclic) bond motifs is 1. The van der Waals surface area contributed by atoms with Gasteiger partial charge in [-0.3, -0.25) is 19.7 Å². The molecule has 34 heavy (non-hydrogen) atoms. The first-order valence-corrected chi connectivity index (χ1v) is 11.8. The van der Waals surface area contributed by atoms with Gasteiger partial charge in [0.15, 0.2) is 17.3 Å². The van der Waals surface area contributed by atoms with Gasteiger partial charge in [-0.15, -0.1) is 0 Å². The summed E-state index contributed by atoms with van der Waals surface area (Å²) in [7, 11) is 3.32. The molecule has 2 N–H and O–H groups in total. The molecule has 1 atom stereocenters. The van der Waals surface area contributed by atoms with Crippen LogP contribution in [0, 0.1) is 0 Å². The van der Waals surface area contributed by atoms with Gasteiger partial charge in [0.25, 0.3) is 17.7 Å². The zero-order valence-corrected chi connectivity index (χ0v) is 20.2. The maximum atomic E-state index is 11.8. The zero-order valence-electron chi connectivity index (χ0n) is 19.3. The molecule has 0 radical (unpaired) electrons. The molecular formula is C25H26N2O6S. The first-order chi connectivity index (χ1) is 16.4. The molecule has 3 amide bonds. The van der Waals surface area contributed by atoms with E-state index in [4.69, 9.17) is 13.9 Å². The van der Waals surface area contributed by atoms with E-state index in [9.17, 15) is 14.4 Å². The second-order valence-corrected chi connectivity index (χ2v) is 8.32. The molecule has 1 aliphatic rings. The highest BCUT2D eigenvalue weighted by Crippen LogP contribution is 2.31. The van der Waals surface area contributed by atoms with Gasteiger partial charge in [-0.1, -0.05) is 19.1 Å². The van der Waals surface area contributed by atoms with E-state index in [-0.39, 0.29) is 22.6 Å². The van der Waals surface area contributed by atoms with Gasteiger partial charge in [0.05, 0.1) is 37.3 Å². The van der Waals surface area contributed by atoms with Crippen LogP contribution in [0.15, 0.2) is 59.2 Å². The van der Waals surface area contributed by atoms with Gasteiger partial charge in [-0.25, -0.2) is 0 Å². The topological polar surface area (TPSA) is 107 Å². The molecular weight excluding hydrogens is 456 g/mol. The van der Waals surface area contributed by atoms with Gasteiger partial charge in [-0.05, 0) is 59.9 Å². The Morgan fingerprint density at radius 2 is 1.82 bits per heavy atom. The predicted molar refractivity (Wildman–Crippen MR) is 131 cm³/mol. The highest BCUT2D eigenvalue weighted by molar-refractivity contribution is 7.98. The molecule has 2 aromatic carbocycles. The average molecular weight is 483 g/mol. The van der Waals surface area contributed by atoms with Crippen LogP contribution >= 0.6 is 11.8 Å². The Kier molecular flexibility index (Phi) is 8.37. The number of carbonyl (C=O) groups excluding carboxylic acids is 3. The number of hydrogen-bond acceptors (Lipinski definition) is 7. The summed E-state index contributed by atoms with van der Waals surface area (Å²) in [5.74, 6) is 1.92. The first-order valence-electron chi connectivity index (χ1n) is 10.4. The lowest BCUT2D eigenvalue weighted by Crippen LogP contribution is -2.20. The minimum atomic E-state index is -0.518. The molecule has 2 heterocycles. The maximum absolute atomic E-state index is 11.8. The van der Waals surface area contributed by atoms with Gasteiger partial charge < -0.3 is 19.2 Å². The van der Waals surface area contributed by atoms with E-state index in [2.05, 4.69) is 35.9 Å². The summed E-state index contributed by atoms with van der Waals surface area (Å²) in [4.78, 5) is 35.0. The van der Waals surface area contributed by atoms with Crippen LogP contribution < -0.4 is 20.1 Å². The molecule has 8 nitrogen and oxygen atoms in total. The smallest absolute Gasteiger partial charge is 0.291 e. The monoisotopic (exact) mass is 482 g/mol. The van der Waals surface area contributed by atoms with Gasteiger partial charge in [0.1, 0.15) is 0 Å². The summed E-state index contributed by atoms with van der Waals surface area (Å²) in [5.41, 5.74) is 2.00. The summed E-state index contributed by atoms with van der Waals surface area (Å²) >= 11 is 1.86. The molecule has 0 bridgehead atoms. The van der Waals surface area contributed by atoms with E-state index in [1.54, 1.807) is 32.4 Å². The Hall–Kier alpha value is -3.72. The Balaban J connectivity index is 0.000000197. The number of methoxy groups -OCH3 is 2.